The van der Waals surface area contributed by atoms with E-state index >= 15 is 0 Å². The van der Waals surface area contributed by atoms with Gasteiger partial charge >= 0.3 is 32.4 Å². The van der Waals surface area contributed by atoms with Crippen LogP contribution >= 0.6 is 0 Å². The average Bonchev–Trinajstić information content (AvgIpc) is 2.57. The molecule has 0 bridgehead atoms. The van der Waals surface area contributed by atoms with E-state index in [-0.39, 0.29) is 10.9 Å². The molecule has 0 aliphatic heterocycles. The maximum absolute atomic E-state index is 9.89. The van der Waals surface area contributed by atoms with Gasteiger partial charge < -0.3 is 0 Å². The zero-order chi connectivity index (χ0) is 17.4. The summed E-state index contributed by atoms with van der Waals surface area (Å²) in [5, 5.41) is 0. The predicted octanol–water partition coefficient (Wildman–Crippen LogP) is 6.08. The first kappa shape index (κ1) is 18.9. The van der Waals surface area contributed by atoms with Crippen LogP contribution < -0.4 is 0 Å². The van der Waals surface area contributed by atoms with Gasteiger partial charge in [-0.2, -0.15) is 0 Å². The molecule has 0 N–H and O–H groups in total. The van der Waals surface area contributed by atoms with E-state index in [0.29, 0.717) is 0 Å². The third-order valence-electron chi connectivity index (χ3n) is 2.94. The fraction of sp³-hybridized carbons (Fsp3) is 0. The van der Waals surface area contributed by atoms with Gasteiger partial charge in [0.15, 0.2) is 14.7 Å². The zero-order valence-corrected chi connectivity index (χ0v) is 15.9. The van der Waals surface area contributed by atoms with Gasteiger partial charge in [0, 0.05) is 0 Å². The third kappa shape index (κ3) is 6.58. The Balaban J connectivity index is 0.000000368. The molecule has 3 aromatic rings. The summed E-state index contributed by atoms with van der Waals surface area (Å²) in [4.78, 5) is 4.08. The second-order valence-corrected chi connectivity index (χ2v) is 8.84. The van der Waals surface area contributed by atoms with Gasteiger partial charge in [0.05, 0.1) is 10.9 Å². The van der Waals surface area contributed by atoms with Crippen LogP contribution in [0.15, 0.2) is 106 Å². The van der Waals surface area contributed by atoms with Gasteiger partial charge in [-0.15, -0.1) is 0 Å². The van der Waals surface area contributed by atoms with E-state index in [2.05, 4.69) is 91.0 Å². The summed E-state index contributed by atoms with van der Waals surface area (Å²) in [5.74, 6) is 0. The fourth-order valence-electron chi connectivity index (χ4n) is 2.08. The van der Waals surface area contributed by atoms with Crippen LogP contribution in [0.2, 0.25) is 0 Å². The van der Waals surface area contributed by atoms with Gasteiger partial charge in [0.1, 0.15) is 0 Å². The second-order valence-electron chi connectivity index (χ2n) is 4.63. The summed E-state index contributed by atoms with van der Waals surface area (Å²) in [5.41, 5.74) is 0. The largest absolute Gasteiger partial charge is 0.166 e. The number of halogens is 4. The molecular weight excluding hydrogens is 446 g/mol. The van der Waals surface area contributed by atoms with Gasteiger partial charge in [-0.1, -0.05) is 54.6 Å². The van der Waals surface area contributed by atoms with Crippen LogP contribution in [0.1, 0.15) is 0 Å². The van der Waals surface area contributed by atoms with E-state index in [4.69, 9.17) is 0 Å². The SMILES string of the molecule is [F][Sb-]([F])([F])[F].c1ccc([S+](c2ccccc2)c2ccccc2)cc1. The molecule has 126 valence electrons. The van der Waals surface area contributed by atoms with Crippen molar-refractivity contribution in [1.82, 2.24) is 0 Å². The van der Waals surface area contributed by atoms with Crippen LogP contribution in [-0.2, 0) is 10.9 Å². The summed E-state index contributed by atoms with van der Waals surface area (Å²) in [6.45, 7) is 0. The molecule has 6 heteroatoms. The molecule has 0 amide bonds. The topological polar surface area (TPSA) is 0 Å². The standard InChI is InChI=1S/C18H15S.4FH.Sb/c1-4-10-16(11-5-1)19(17-12-6-2-7-13-17)18-14-8-3-9-15-18;;;;;/h1-15H;4*1H;/q+1;;;;;+3/p-4. The molecule has 0 aromatic heterocycles. The Morgan fingerprint density at radius 1 is 0.458 bits per heavy atom. The molecule has 0 saturated heterocycles. The van der Waals surface area contributed by atoms with Crippen LogP contribution in [0.25, 0.3) is 0 Å². The van der Waals surface area contributed by atoms with E-state index in [1.807, 2.05) is 0 Å². The van der Waals surface area contributed by atoms with Crippen LogP contribution in [0.4, 0.5) is 11.3 Å². The maximum atomic E-state index is 9.89. The van der Waals surface area contributed by atoms with Crippen molar-refractivity contribution < 1.29 is 11.3 Å². The minimum atomic E-state index is -7.10. The van der Waals surface area contributed by atoms with Gasteiger partial charge in [-0.3, -0.25) is 0 Å². The van der Waals surface area contributed by atoms with Crippen molar-refractivity contribution in [2.75, 3.05) is 0 Å². The van der Waals surface area contributed by atoms with E-state index in [1.54, 1.807) is 0 Å². The minimum Gasteiger partial charge on any atom is -0.0619 e. The Kier molecular flexibility index (Phi) is 7.19. The molecule has 0 aliphatic rings. The second kappa shape index (κ2) is 9.14. The number of benzene rings is 3. The minimum absolute atomic E-state index is 0.0146. The molecule has 0 nitrogen and oxygen atoms in total. The van der Waals surface area contributed by atoms with Gasteiger partial charge in [-0.05, 0) is 36.4 Å². The monoisotopic (exact) mass is 460 g/mol. The van der Waals surface area contributed by atoms with Gasteiger partial charge in [0.2, 0.25) is 0 Å². The Labute approximate surface area is 148 Å². The van der Waals surface area contributed by atoms with Crippen molar-refractivity contribution >= 4 is 32.0 Å². The van der Waals surface area contributed by atoms with Crippen molar-refractivity contribution in [3.8, 4) is 0 Å². The summed E-state index contributed by atoms with van der Waals surface area (Å²) in [6, 6.07) is 32.2. The molecule has 0 spiro atoms. The molecule has 0 aliphatic carbocycles. The first-order valence-corrected chi connectivity index (χ1v) is 12.1. The molecule has 0 unspecified atom stereocenters. The van der Waals surface area contributed by atoms with E-state index in [0.717, 1.165) is 0 Å². The Bertz CT molecular complexity index is 618. The molecule has 3 aromatic carbocycles. The zero-order valence-electron chi connectivity index (χ0n) is 12.5. The number of rotatable bonds is 3. The van der Waals surface area contributed by atoms with Gasteiger partial charge in [-0.25, -0.2) is 0 Å². The Morgan fingerprint density at radius 2 is 0.667 bits per heavy atom. The third-order valence-corrected chi connectivity index (χ3v) is 5.17. The van der Waals surface area contributed by atoms with Crippen LogP contribution in [0, 0.1) is 0 Å². The molecule has 0 saturated carbocycles. The molecule has 0 atom stereocenters. The van der Waals surface area contributed by atoms with Crippen molar-refractivity contribution in [1.29, 1.82) is 0 Å². The number of hydrogen-bond acceptors (Lipinski definition) is 0. The van der Waals surface area contributed by atoms with E-state index in [9.17, 15) is 11.3 Å². The molecule has 0 fully saturated rings. The maximum Gasteiger partial charge on any atom is 0.166 e. The van der Waals surface area contributed by atoms with Crippen molar-refractivity contribution in [3.63, 3.8) is 0 Å². The molecule has 0 radical (unpaired) electrons. The summed E-state index contributed by atoms with van der Waals surface area (Å²) >= 11 is -7.10. The predicted molar refractivity (Wildman–Crippen MR) is 91.7 cm³/mol. The van der Waals surface area contributed by atoms with E-state index in [1.165, 1.54) is 14.7 Å². The first-order valence-electron chi connectivity index (χ1n) is 7.02. The quantitative estimate of drug-likeness (QED) is 0.252. The fourth-order valence-corrected chi connectivity index (χ4v) is 4.18. The normalized spacial score (nSPS) is 11.5. The van der Waals surface area contributed by atoms with E-state index < -0.39 is 21.1 Å². The van der Waals surface area contributed by atoms with Crippen LogP contribution in [0.3, 0.4) is 0 Å². The van der Waals surface area contributed by atoms with Crippen LogP contribution in [0.5, 0.6) is 0 Å². The van der Waals surface area contributed by atoms with Gasteiger partial charge in [0.25, 0.3) is 0 Å². The summed E-state index contributed by atoms with van der Waals surface area (Å²) < 4.78 is 39.6. The van der Waals surface area contributed by atoms with Crippen molar-refractivity contribution in [2.24, 2.45) is 0 Å². The Hall–Kier alpha value is -1.45. The molecule has 0 heterocycles. The molecular formula is C18H15F4SSb. The summed E-state index contributed by atoms with van der Waals surface area (Å²) in [7, 11) is -0.0146. The summed E-state index contributed by atoms with van der Waals surface area (Å²) in [6.07, 6.45) is 0. The average molecular weight is 461 g/mol. The number of hydrogen-bond donors (Lipinski definition) is 0. The van der Waals surface area contributed by atoms with Crippen LogP contribution in [-0.4, -0.2) is 21.1 Å². The molecule has 24 heavy (non-hydrogen) atoms. The van der Waals surface area contributed by atoms with Crippen molar-refractivity contribution in [3.05, 3.63) is 91.0 Å². The Morgan fingerprint density at radius 3 is 0.875 bits per heavy atom. The smallest absolute Gasteiger partial charge is 0.0619 e. The van der Waals surface area contributed by atoms with Crippen molar-refractivity contribution in [2.45, 2.75) is 14.7 Å². The first-order chi connectivity index (χ1) is 11.4. The molecule has 3 rings (SSSR count).